The van der Waals surface area contributed by atoms with Crippen LogP contribution in [0.4, 0.5) is 56.9 Å². The number of hydrogen-bond donors (Lipinski definition) is 0. The molecule has 7 aromatic carbocycles. The van der Waals surface area contributed by atoms with Gasteiger partial charge in [-0.15, -0.1) is 0 Å². The predicted molar refractivity (Wildman–Crippen MR) is 364 cm³/mol. The summed E-state index contributed by atoms with van der Waals surface area (Å²) in [6.45, 7) is 46.3. The number of hydrogen-bond acceptors (Lipinski definition) is 4. The van der Waals surface area contributed by atoms with E-state index in [0.717, 1.165) is 12.8 Å². The van der Waals surface area contributed by atoms with E-state index in [1.54, 1.807) is 10.8 Å². The molecular weight excluding hydrogens is 1020 g/mol. The van der Waals surface area contributed by atoms with E-state index in [1.807, 2.05) is 0 Å². The van der Waals surface area contributed by atoms with Gasteiger partial charge in [-0.25, -0.2) is 0 Å². The maximum Gasteiger partial charge on any atom is 0.252 e. The minimum absolute atomic E-state index is 0.00239. The van der Waals surface area contributed by atoms with Gasteiger partial charge < -0.3 is 19.6 Å². The van der Waals surface area contributed by atoms with Gasteiger partial charge in [0.1, 0.15) is 0 Å². The molecule has 13 rings (SSSR count). The van der Waals surface area contributed by atoms with Crippen LogP contribution in [0.3, 0.4) is 0 Å². The van der Waals surface area contributed by atoms with Crippen molar-refractivity contribution < 1.29 is 0 Å². The standard InChI is InChI=1S/C77H95BN4Si/c1-70(2,3)50-24-30-54(31-25-50)79-65-38-29-53(73(10,11)12)45-62(65)78-61-36-34-56(81-63-37-28-52(72(7,8)9)44-59(63)74(13)40-20-22-42-76(74,81)15)46-66(61)80(55-32-26-51(27-33-55)71(4,5)6)68-48-57(47-67(79)69(68)78)82-64-39-35-58(83(17,18)19)49-60(64)75(14)41-21-23-43-77(75,82)16/h24-39,44-49H,20-23,40-43H2,1-19H3. The van der Waals surface area contributed by atoms with Gasteiger partial charge in [-0.3, -0.25) is 0 Å². The summed E-state index contributed by atoms with van der Waals surface area (Å²) in [6, 6.07) is 55.1. The minimum atomic E-state index is -1.63. The lowest BCUT2D eigenvalue weighted by Gasteiger charge is -2.51. The lowest BCUT2D eigenvalue weighted by atomic mass is 9.33. The van der Waals surface area contributed by atoms with Crippen LogP contribution in [0.15, 0.2) is 133 Å². The van der Waals surface area contributed by atoms with Crippen molar-refractivity contribution in [2.75, 3.05) is 19.6 Å². The molecule has 4 nitrogen and oxygen atoms in total. The SMILES string of the molecule is CC(C)(C)c1ccc(N2c3ccc(C(C)(C)C)cc3B3c4ccc(N5c6ccc(C(C)(C)C)cc6C6(C)CCCCC56C)cc4N(c4ccc(C(C)(C)C)cc4)c4cc(N5c6ccc([Si](C)(C)C)cc6C6(C)CCCCC56C)cc2c43)cc1. The maximum atomic E-state index is 2.87. The van der Waals surface area contributed by atoms with Crippen LogP contribution in [0.1, 0.15) is 196 Å². The Morgan fingerprint density at radius 3 is 1.25 bits per heavy atom. The number of anilines is 10. The van der Waals surface area contributed by atoms with E-state index in [4.69, 9.17) is 0 Å². The first-order valence-electron chi connectivity index (χ1n) is 32.0. The Kier molecular flexibility index (Phi) is 12.4. The Labute approximate surface area is 502 Å². The van der Waals surface area contributed by atoms with Crippen molar-refractivity contribution in [1.29, 1.82) is 0 Å². The van der Waals surface area contributed by atoms with Crippen molar-refractivity contribution in [3.63, 3.8) is 0 Å². The molecule has 4 atom stereocenters. The quantitative estimate of drug-likeness (QED) is 0.159. The van der Waals surface area contributed by atoms with Gasteiger partial charge in [-0.05, 0) is 178 Å². The van der Waals surface area contributed by atoms with E-state index in [2.05, 4.69) is 283 Å². The van der Waals surface area contributed by atoms with E-state index < -0.39 is 8.07 Å². The molecule has 0 amide bonds. The fourth-order valence-corrected chi connectivity index (χ4v) is 17.9. The molecule has 7 aromatic rings. The summed E-state index contributed by atoms with van der Waals surface area (Å²) in [7, 11) is -1.63. The molecule has 83 heavy (non-hydrogen) atoms. The highest BCUT2D eigenvalue weighted by atomic mass is 28.3. The van der Waals surface area contributed by atoms with Crippen LogP contribution < -0.4 is 41.2 Å². The zero-order chi connectivity index (χ0) is 59.1. The fraction of sp³-hybridized carbons (Fsp3) is 0.455. The fourth-order valence-electron chi connectivity index (χ4n) is 16.7. The van der Waals surface area contributed by atoms with Gasteiger partial charge >= 0.3 is 0 Å². The number of benzene rings is 7. The van der Waals surface area contributed by atoms with Gasteiger partial charge in [-0.2, -0.15) is 0 Å². The Bertz CT molecular complexity index is 3760. The molecule has 4 unspecified atom stereocenters. The summed E-state index contributed by atoms with van der Waals surface area (Å²) < 4.78 is 0. The molecular formula is C77H95BN4Si. The molecule has 2 saturated carbocycles. The summed E-state index contributed by atoms with van der Waals surface area (Å²) in [5.41, 5.74) is 25.3. The van der Waals surface area contributed by atoms with Crippen molar-refractivity contribution in [1.82, 2.24) is 0 Å². The van der Waals surface area contributed by atoms with E-state index in [-0.39, 0.29) is 50.3 Å². The third-order valence-corrected chi connectivity index (χ3v) is 24.4. The molecule has 6 heteroatoms. The van der Waals surface area contributed by atoms with Gasteiger partial charge in [0.15, 0.2) is 0 Å². The third kappa shape index (κ3) is 8.30. The van der Waals surface area contributed by atoms with Gasteiger partial charge in [0, 0.05) is 67.7 Å². The number of rotatable bonds is 5. The molecule has 6 aliphatic rings. The molecule has 0 radical (unpaired) electrons. The number of nitrogens with zero attached hydrogens (tertiary/aromatic N) is 4. The van der Waals surface area contributed by atoms with E-state index in [9.17, 15) is 0 Å². The summed E-state index contributed by atoms with van der Waals surface area (Å²) in [4.78, 5) is 11.1. The smallest absolute Gasteiger partial charge is 0.252 e. The van der Waals surface area contributed by atoms with Crippen molar-refractivity contribution >= 4 is 93.2 Å². The second kappa shape index (κ2) is 18.3. The van der Waals surface area contributed by atoms with E-state index in [0.29, 0.717) is 0 Å². The molecule has 0 bridgehead atoms. The van der Waals surface area contributed by atoms with Crippen LogP contribution in [-0.2, 0) is 32.5 Å². The second-order valence-electron chi connectivity index (χ2n) is 32.6. The largest absolute Gasteiger partial charge is 0.334 e. The van der Waals surface area contributed by atoms with Crippen molar-refractivity contribution in [2.45, 2.75) is 225 Å². The third-order valence-electron chi connectivity index (χ3n) is 22.3. The zero-order valence-electron chi connectivity index (χ0n) is 54.2. The average Bonchev–Trinajstić information content (AvgIpc) is 1.74. The highest BCUT2D eigenvalue weighted by molar-refractivity contribution is 7.00. The number of fused-ring (bicyclic) bond motifs is 10. The summed E-state index contributed by atoms with van der Waals surface area (Å²) in [5.74, 6) is 0. The topological polar surface area (TPSA) is 13.0 Å². The summed E-state index contributed by atoms with van der Waals surface area (Å²) in [5, 5.41) is 1.56. The maximum absolute atomic E-state index is 2.87. The molecule has 0 spiro atoms. The van der Waals surface area contributed by atoms with E-state index in [1.165, 1.54) is 140 Å². The van der Waals surface area contributed by atoms with Crippen molar-refractivity contribution in [3.05, 3.63) is 167 Å². The molecule has 0 N–H and O–H groups in total. The van der Waals surface area contributed by atoms with Gasteiger partial charge in [0.2, 0.25) is 0 Å². The first-order chi connectivity index (χ1) is 38.8. The lowest BCUT2D eigenvalue weighted by molar-refractivity contribution is 0.195. The van der Waals surface area contributed by atoms with Gasteiger partial charge in [-0.1, -0.05) is 214 Å². The minimum Gasteiger partial charge on any atom is -0.334 e. The molecule has 0 aromatic heterocycles. The van der Waals surface area contributed by atoms with Crippen LogP contribution in [0, 0.1) is 0 Å². The Balaban J connectivity index is 1.14. The van der Waals surface area contributed by atoms with Gasteiger partial charge in [0.05, 0.1) is 19.2 Å². The first-order valence-corrected chi connectivity index (χ1v) is 35.5. The normalized spacial score (nSPS) is 23.8. The molecule has 430 valence electrons. The van der Waals surface area contributed by atoms with Crippen LogP contribution in [-0.4, -0.2) is 25.9 Å². The lowest BCUT2D eigenvalue weighted by Crippen LogP contribution is -2.62. The van der Waals surface area contributed by atoms with Crippen LogP contribution >= 0.6 is 0 Å². The van der Waals surface area contributed by atoms with Crippen molar-refractivity contribution in [2.24, 2.45) is 0 Å². The highest BCUT2D eigenvalue weighted by Crippen LogP contribution is 2.64. The zero-order valence-corrected chi connectivity index (χ0v) is 55.2. The second-order valence-corrected chi connectivity index (χ2v) is 37.7. The Hall–Kier alpha value is -5.98. The molecule has 2 fully saturated rings. The Morgan fingerprint density at radius 1 is 0.361 bits per heavy atom. The van der Waals surface area contributed by atoms with Crippen LogP contribution in [0.5, 0.6) is 0 Å². The molecule has 4 heterocycles. The molecule has 0 saturated heterocycles. The summed E-state index contributed by atoms with van der Waals surface area (Å²) >= 11 is 0. The van der Waals surface area contributed by atoms with Crippen molar-refractivity contribution in [3.8, 4) is 0 Å². The predicted octanol–water partition coefficient (Wildman–Crippen LogP) is 19.0. The van der Waals surface area contributed by atoms with E-state index >= 15 is 0 Å². The molecule has 2 aliphatic carbocycles. The Morgan fingerprint density at radius 2 is 0.759 bits per heavy atom. The molecule has 4 aliphatic heterocycles. The highest BCUT2D eigenvalue weighted by Gasteiger charge is 2.60. The summed E-state index contributed by atoms with van der Waals surface area (Å²) in [6.07, 6.45) is 9.66. The monoisotopic (exact) mass is 1110 g/mol. The van der Waals surface area contributed by atoms with Crippen LogP contribution in [0.2, 0.25) is 19.6 Å². The average molecular weight is 1120 g/mol. The van der Waals surface area contributed by atoms with Gasteiger partial charge in [0.25, 0.3) is 6.71 Å². The first kappa shape index (κ1) is 56.2. The van der Waals surface area contributed by atoms with Crippen LogP contribution in [0.25, 0.3) is 0 Å².